The summed E-state index contributed by atoms with van der Waals surface area (Å²) in [6.07, 6.45) is 3.07. The summed E-state index contributed by atoms with van der Waals surface area (Å²) in [7, 11) is 1.66. The lowest BCUT2D eigenvalue weighted by molar-refractivity contribution is 0.0943. The Kier molecular flexibility index (Phi) is 5.46. The third-order valence-corrected chi connectivity index (χ3v) is 2.95. The quantitative estimate of drug-likeness (QED) is 0.420. The second-order valence-electron chi connectivity index (χ2n) is 4.24. The van der Waals surface area contributed by atoms with Crippen molar-refractivity contribution in [1.29, 1.82) is 0 Å². The molecule has 0 aliphatic heterocycles. The number of thiocarbonyl (C=S) groups is 1. The number of benzene rings is 1. The number of rotatable bonds is 1. The van der Waals surface area contributed by atoms with E-state index < -0.39 is 0 Å². The summed E-state index contributed by atoms with van der Waals surface area (Å²) in [5.74, 6) is 5.66. The highest BCUT2D eigenvalue weighted by atomic mass is 32.1. The van der Waals surface area contributed by atoms with Crippen LogP contribution in [0.2, 0.25) is 0 Å². The second kappa shape index (κ2) is 7.76. The molecule has 0 radical (unpaired) electrons. The number of pyridine rings is 1. The Morgan fingerprint density at radius 2 is 1.82 bits per heavy atom. The zero-order chi connectivity index (χ0) is 15.8. The molecule has 5 nitrogen and oxygen atoms in total. The topological polar surface area (TPSA) is 66.0 Å². The highest BCUT2D eigenvalue weighted by molar-refractivity contribution is 7.80. The molecule has 0 aliphatic rings. The first kappa shape index (κ1) is 15.5. The number of nitrogens with one attached hydrogen (secondary N) is 3. The van der Waals surface area contributed by atoms with Crippen LogP contribution in [-0.4, -0.2) is 23.1 Å². The molecule has 1 aromatic heterocycles. The summed E-state index contributed by atoms with van der Waals surface area (Å²) in [5, 5.41) is 3.01. The van der Waals surface area contributed by atoms with Crippen LogP contribution in [0.15, 0.2) is 48.8 Å². The third kappa shape index (κ3) is 4.58. The highest BCUT2D eigenvalue weighted by Gasteiger charge is 2.06. The Morgan fingerprint density at radius 1 is 1.09 bits per heavy atom. The Morgan fingerprint density at radius 3 is 2.55 bits per heavy atom. The van der Waals surface area contributed by atoms with Crippen LogP contribution in [0.3, 0.4) is 0 Å². The van der Waals surface area contributed by atoms with Gasteiger partial charge in [-0.3, -0.25) is 20.6 Å². The lowest BCUT2D eigenvalue weighted by Crippen LogP contribution is -2.45. The number of hydrazine groups is 1. The molecule has 0 aliphatic carbocycles. The van der Waals surface area contributed by atoms with Gasteiger partial charge in [0.15, 0.2) is 5.11 Å². The summed E-state index contributed by atoms with van der Waals surface area (Å²) in [4.78, 5) is 16.0. The molecule has 1 aromatic carbocycles. The molecule has 0 unspecified atom stereocenters. The number of carbonyl (C=O) groups excluding carboxylic acids is 1. The van der Waals surface area contributed by atoms with Crippen molar-refractivity contribution in [2.24, 2.45) is 0 Å². The van der Waals surface area contributed by atoms with Crippen molar-refractivity contribution in [1.82, 2.24) is 21.2 Å². The number of hydrogen-bond acceptors (Lipinski definition) is 3. The van der Waals surface area contributed by atoms with Gasteiger partial charge in [-0.1, -0.05) is 30.0 Å². The van der Waals surface area contributed by atoms with Crippen LogP contribution in [0.4, 0.5) is 0 Å². The Bertz CT molecular complexity index is 735. The first-order chi connectivity index (χ1) is 10.7. The summed E-state index contributed by atoms with van der Waals surface area (Å²) >= 11 is 4.87. The number of carbonyl (C=O) groups is 1. The van der Waals surface area contributed by atoms with Gasteiger partial charge in [0.05, 0.1) is 5.56 Å². The van der Waals surface area contributed by atoms with Crippen molar-refractivity contribution in [3.05, 3.63) is 65.5 Å². The number of aromatic nitrogens is 1. The van der Waals surface area contributed by atoms with Gasteiger partial charge in [-0.15, -0.1) is 0 Å². The maximum atomic E-state index is 11.9. The van der Waals surface area contributed by atoms with E-state index >= 15 is 0 Å². The first-order valence-electron chi connectivity index (χ1n) is 6.49. The minimum atomic E-state index is -0.339. The average molecular weight is 310 g/mol. The lowest BCUT2D eigenvalue weighted by atomic mass is 10.1. The fourth-order valence-corrected chi connectivity index (χ4v) is 1.60. The zero-order valence-corrected chi connectivity index (χ0v) is 12.7. The fraction of sp³-hybridized carbons (Fsp3) is 0.0625. The van der Waals surface area contributed by atoms with Crippen LogP contribution >= 0.6 is 12.2 Å². The molecule has 6 heteroatoms. The second-order valence-corrected chi connectivity index (χ2v) is 4.64. The van der Waals surface area contributed by atoms with E-state index in [2.05, 4.69) is 33.0 Å². The summed E-state index contributed by atoms with van der Waals surface area (Å²) in [6.45, 7) is 0. The number of amides is 1. The summed E-state index contributed by atoms with van der Waals surface area (Å²) in [5.41, 5.74) is 6.99. The van der Waals surface area contributed by atoms with Crippen LogP contribution in [-0.2, 0) is 0 Å². The van der Waals surface area contributed by atoms with Crippen LogP contribution < -0.4 is 16.2 Å². The Balaban J connectivity index is 2.09. The van der Waals surface area contributed by atoms with Gasteiger partial charge in [0.1, 0.15) is 0 Å². The van der Waals surface area contributed by atoms with Crippen LogP contribution in [0.5, 0.6) is 0 Å². The minimum absolute atomic E-state index is 0.321. The molecule has 0 saturated carbocycles. The van der Waals surface area contributed by atoms with Crippen molar-refractivity contribution in [3.63, 3.8) is 0 Å². The molecular formula is C16H14N4OS. The predicted octanol–water partition coefficient (Wildman–Crippen LogP) is 1.22. The molecule has 1 heterocycles. The van der Waals surface area contributed by atoms with E-state index in [4.69, 9.17) is 12.2 Å². The molecule has 110 valence electrons. The minimum Gasteiger partial charge on any atom is -0.364 e. The number of hydrogen-bond donors (Lipinski definition) is 3. The van der Waals surface area contributed by atoms with Gasteiger partial charge in [0.2, 0.25) is 0 Å². The molecule has 0 fully saturated rings. The van der Waals surface area contributed by atoms with Crippen molar-refractivity contribution < 1.29 is 4.79 Å². The normalized spacial score (nSPS) is 9.14. The van der Waals surface area contributed by atoms with E-state index in [1.165, 1.54) is 6.20 Å². The van der Waals surface area contributed by atoms with Crippen molar-refractivity contribution >= 4 is 23.2 Å². The molecule has 0 saturated heterocycles. The SMILES string of the molecule is CNC(=S)NNC(=O)c1cncc(C#Cc2ccccc2)c1. The van der Waals surface area contributed by atoms with Gasteiger partial charge >= 0.3 is 0 Å². The van der Waals surface area contributed by atoms with E-state index in [0.717, 1.165) is 5.56 Å². The van der Waals surface area contributed by atoms with E-state index in [9.17, 15) is 4.79 Å². The van der Waals surface area contributed by atoms with E-state index in [0.29, 0.717) is 16.2 Å². The monoisotopic (exact) mass is 310 g/mol. The van der Waals surface area contributed by atoms with Gasteiger partial charge in [-0.05, 0) is 30.4 Å². The van der Waals surface area contributed by atoms with Crippen LogP contribution in [0.25, 0.3) is 0 Å². The smallest absolute Gasteiger partial charge is 0.271 e. The molecule has 0 bridgehead atoms. The van der Waals surface area contributed by atoms with Crippen LogP contribution in [0.1, 0.15) is 21.5 Å². The van der Waals surface area contributed by atoms with Crippen molar-refractivity contribution in [3.8, 4) is 11.8 Å². The highest BCUT2D eigenvalue weighted by Crippen LogP contribution is 2.02. The molecule has 0 atom stereocenters. The van der Waals surface area contributed by atoms with E-state index in [1.807, 2.05) is 30.3 Å². The van der Waals surface area contributed by atoms with Crippen LogP contribution in [0, 0.1) is 11.8 Å². The van der Waals surface area contributed by atoms with Gasteiger partial charge in [-0.2, -0.15) is 0 Å². The van der Waals surface area contributed by atoms with E-state index in [1.54, 1.807) is 19.3 Å². The van der Waals surface area contributed by atoms with Gasteiger partial charge in [0, 0.05) is 30.6 Å². The van der Waals surface area contributed by atoms with Gasteiger partial charge in [0.25, 0.3) is 5.91 Å². The largest absolute Gasteiger partial charge is 0.364 e. The average Bonchev–Trinajstić information content (AvgIpc) is 2.58. The maximum absolute atomic E-state index is 11.9. The summed E-state index contributed by atoms with van der Waals surface area (Å²) < 4.78 is 0. The number of nitrogens with zero attached hydrogens (tertiary/aromatic N) is 1. The molecule has 2 rings (SSSR count). The Labute approximate surface area is 134 Å². The molecule has 1 amide bonds. The predicted molar refractivity (Wildman–Crippen MR) is 88.9 cm³/mol. The van der Waals surface area contributed by atoms with Crippen molar-refractivity contribution in [2.75, 3.05) is 7.05 Å². The Hall–Kier alpha value is -2.91. The van der Waals surface area contributed by atoms with Crippen molar-refractivity contribution in [2.45, 2.75) is 0 Å². The molecule has 2 aromatic rings. The van der Waals surface area contributed by atoms with E-state index in [-0.39, 0.29) is 5.91 Å². The molecule has 0 spiro atoms. The molecular weight excluding hydrogens is 296 g/mol. The standard InChI is InChI=1S/C16H14N4OS/c1-17-16(22)20-19-15(21)14-9-13(10-18-11-14)8-7-12-5-3-2-4-6-12/h2-6,9-11H,1H3,(H,19,21)(H2,17,20,22). The zero-order valence-electron chi connectivity index (χ0n) is 11.9. The fourth-order valence-electron chi connectivity index (χ4n) is 1.55. The summed E-state index contributed by atoms with van der Waals surface area (Å²) in [6, 6.07) is 11.3. The lowest BCUT2D eigenvalue weighted by Gasteiger charge is -2.08. The maximum Gasteiger partial charge on any atom is 0.271 e. The molecule has 22 heavy (non-hydrogen) atoms. The van der Waals surface area contributed by atoms with Gasteiger partial charge in [-0.25, -0.2) is 0 Å². The third-order valence-electron chi connectivity index (χ3n) is 2.64. The van der Waals surface area contributed by atoms with Gasteiger partial charge < -0.3 is 5.32 Å². The molecule has 3 N–H and O–H groups in total. The first-order valence-corrected chi connectivity index (χ1v) is 6.90.